The van der Waals surface area contributed by atoms with Crippen LogP contribution in [0.4, 0.5) is 11.5 Å². The van der Waals surface area contributed by atoms with Crippen LogP contribution in [0.1, 0.15) is 18.6 Å². The molecule has 1 saturated carbocycles. The van der Waals surface area contributed by atoms with Gasteiger partial charge in [-0.3, -0.25) is 9.59 Å². The number of nitrogens with zero attached hydrogens (tertiary/aromatic N) is 5. The maximum atomic E-state index is 12.1. The topological polar surface area (TPSA) is 128 Å². The molecule has 27 heavy (non-hydrogen) atoms. The second-order valence-corrected chi connectivity index (χ2v) is 6.32. The van der Waals surface area contributed by atoms with Gasteiger partial charge in [0.1, 0.15) is 12.3 Å². The molecule has 0 atom stereocenters. The number of rotatable bonds is 6. The van der Waals surface area contributed by atoms with E-state index in [4.69, 9.17) is 4.52 Å². The molecule has 10 nitrogen and oxygen atoms in total. The molecule has 2 aromatic heterocycles. The first-order valence-corrected chi connectivity index (χ1v) is 8.50. The highest BCUT2D eigenvalue weighted by molar-refractivity contribution is 5.97. The number of carbonyl (C=O) groups excluding carboxylic acids is 2. The van der Waals surface area contributed by atoms with E-state index in [1.807, 2.05) is 12.1 Å². The highest BCUT2D eigenvalue weighted by atomic mass is 16.5. The minimum absolute atomic E-state index is 0.00266. The number of amides is 2. The molecule has 1 aliphatic rings. The molecule has 0 aliphatic heterocycles. The van der Waals surface area contributed by atoms with Gasteiger partial charge in [-0.2, -0.15) is 4.80 Å². The number of hydrogen-bond acceptors (Lipinski definition) is 7. The van der Waals surface area contributed by atoms with Crippen molar-refractivity contribution in [3.63, 3.8) is 0 Å². The maximum absolute atomic E-state index is 12.1. The van der Waals surface area contributed by atoms with Crippen LogP contribution in [0.25, 0.3) is 11.4 Å². The summed E-state index contributed by atoms with van der Waals surface area (Å²) < 4.78 is 4.89. The van der Waals surface area contributed by atoms with Gasteiger partial charge in [-0.05, 0) is 37.1 Å². The normalized spacial score (nSPS) is 13.4. The van der Waals surface area contributed by atoms with E-state index < -0.39 is 0 Å². The van der Waals surface area contributed by atoms with Gasteiger partial charge in [-0.1, -0.05) is 17.3 Å². The van der Waals surface area contributed by atoms with Crippen LogP contribution < -0.4 is 10.6 Å². The molecule has 2 heterocycles. The monoisotopic (exact) mass is 367 g/mol. The lowest BCUT2D eigenvalue weighted by atomic mass is 10.1. The van der Waals surface area contributed by atoms with Crippen LogP contribution in [0.15, 0.2) is 34.9 Å². The lowest BCUT2D eigenvalue weighted by Crippen LogP contribution is -2.20. The van der Waals surface area contributed by atoms with E-state index in [0.717, 1.165) is 12.8 Å². The third kappa shape index (κ3) is 4.00. The van der Waals surface area contributed by atoms with Gasteiger partial charge in [-0.15, -0.1) is 10.2 Å². The lowest BCUT2D eigenvalue weighted by molar-refractivity contribution is -0.118. The highest BCUT2D eigenvalue weighted by Gasteiger charge is 2.30. The van der Waals surface area contributed by atoms with Crippen molar-refractivity contribution in [2.24, 2.45) is 5.92 Å². The van der Waals surface area contributed by atoms with E-state index in [1.54, 1.807) is 25.1 Å². The first-order chi connectivity index (χ1) is 13.1. The molecule has 1 fully saturated rings. The maximum Gasteiger partial charge on any atom is 0.249 e. The van der Waals surface area contributed by atoms with Crippen molar-refractivity contribution in [3.8, 4) is 11.4 Å². The summed E-state index contributed by atoms with van der Waals surface area (Å²) in [4.78, 5) is 25.3. The van der Waals surface area contributed by atoms with E-state index in [2.05, 4.69) is 31.2 Å². The molecule has 3 aromatic rings. The van der Waals surface area contributed by atoms with Gasteiger partial charge in [0.05, 0.1) is 5.69 Å². The molecule has 0 unspecified atom stereocenters. The quantitative estimate of drug-likeness (QED) is 0.677. The fraction of sp³-hybridized carbons (Fsp3) is 0.294. The van der Waals surface area contributed by atoms with E-state index in [1.165, 1.54) is 4.80 Å². The number of para-hydroxylation sites is 1. The Bertz CT molecular complexity index is 990. The number of aryl methyl sites for hydroxylation is 1. The zero-order chi connectivity index (χ0) is 18.8. The van der Waals surface area contributed by atoms with Crippen LogP contribution in [0.5, 0.6) is 0 Å². The fourth-order valence-electron chi connectivity index (χ4n) is 2.52. The summed E-state index contributed by atoms with van der Waals surface area (Å²) in [5.74, 6) is 0.972. The highest BCUT2D eigenvalue weighted by Crippen LogP contribution is 2.32. The van der Waals surface area contributed by atoms with Crippen LogP contribution >= 0.6 is 0 Å². The molecule has 0 radical (unpaired) electrons. The standard InChI is InChI=1S/C17H17N7O3/c1-10-8-14(22-27-10)19-15(25)9-24-21-16(20-23-24)12-4-2-3-5-13(12)18-17(26)11-6-7-11/h2-5,8,11H,6-7,9H2,1H3,(H,18,26)(H,19,22,25). The van der Waals surface area contributed by atoms with E-state index in [0.29, 0.717) is 28.7 Å². The van der Waals surface area contributed by atoms with Gasteiger partial charge < -0.3 is 15.2 Å². The Balaban J connectivity index is 1.46. The summed E-state index contributed by atoms with van der Waals surface area (Å²) in [7, 11) is 0. The van der Waals surface area contributed by atoms with Gasteiger partial charge in [0.15, 0.2) is 5.82 Å². The molecule has 0 bridgehead atoms. The molecular formula is C17H17N7O3. The van der Waals surface area contributed by atoms with Gasteiger partial charge in [-0.25, -0.2) is 0 Å². The van der Waals surface area contributed by atoms with Crippen molar-refractivity contribution in [2.75, 3.05) is 10.6 Å². The molecular weight excluding hydrogens is 350 g/mol. The summed E-state index contributed by atoms with van der Waals surface area (Å²) in [6.07, 6.45) is 1.84. The number of anilines is 2. The summed E-state index contributed by atoms with van der Waals surface area (Å²) in [6, 6.07) is 8.83. The molecule has 1 aliphatic carbocycles. The van der Waals surface area contributed by atoms with Crippen LogP contribution in [0.3, 0.4) is 0 Å². The summed E-state index contributed by atoms with van der Waals surface area (Å²) in [5.41, 5.74) is 1.27. The van der Waals surface area contributed by atoms with Crippen molar-refractivity contribution < 1.29 is 14.1 Å². The lowest BCUT2D eigenvalue weighted by Gasteiger charge is -2.07. The number of nitrogens with one attached hydrogen (secondary N) is 2. The van der Waals surface area contributed by atoms with Crippen LogP contribution in [-0.4, -0.2) is 37.2 Å². The minimum Gasteiger partial charge on any atom is -0.360 e. The molecule has 1 aromatic carbocycles. The van der Waals surface area contributed by atoms with E-state index in [9.17, 15) is 9.59 Å². The number of benzene rings is 1. The average molecular weight is 367 g/mol. The van der Waals surface area contributed by atoms with Crippen molar-refractivity contribution in [3.05, 3.63) is 36.1 Å². The first-order valence-electron chi connectivity index (χ1n) is 8.50. The largest absolute Gasteiger partial charge is 0.360 e. The van der Waals surface area contributed by atoms with Crippen LogP contribution in [0.2, 0.25) is 0 Å². The van der Waals surface area contributed by atoms with E-state index >= 15 is 0 Å². The SMILES string of the molecule is Cc1cc(NC(=O)Cn2nnc(-c3ccccc3NC(=O)C3CC3)n2)no1. The molecule has 2 N–H and O–H groups in total. The van der Waals surface area contributed by atoms with Gasteiger partial charge in [0.2, 0.25) is 17.6 Å². The Kier molecular flexibility index (Phi) is 4.37. The van der Waals surface area contributed by atoms with Crippen molar-refractivity contribution in [1.29, 1.82) is 0 Å². The Morgan fingerprint density at radius 1 is 1.26 bits per heavy atom. The predicted octanol–water partition coefficient (Wildman–Crippen LogP) is 1.62. The smallest absolute Gasteiger partial charge is 0.249 e. The molecule has 10 heteroatoms. The van der Waals surface area contributed by atoms with Crippen molar-refractivity contribution >= 4 is 23.3 Å². The molecule has 138 valence electrons. The molecule has 2 amide bonds. The third-order valence-corrected chi connectivity index (χ3v) is 4.01. The summed E-state index contributed by atoms with van der Waals surface area (Å²) in [6.45, 7) is 1.60. The Hall–Kier alpha value is -3.56. The van der Waals surface area contributed by atoms with Crippen molar-refractivity contribution in [2.45, 2.75) is 26.3 Å². The fourth-order valence-corrected chi connectivity index (χ4v) is 2.52. The molecule has 0 saturated heterocycles. The minimum atomic E-state index is -0.359. The number of aromatic nitrogens is 5. The summed E-state index contributed by atoms with van der Waals surface area (Å²) >= 11 is 0. The second kappa shape index (κ2) is 6.98. The zero-order valence-electron chi connectivity index (χ0n) is 14.5. The number of carbonyl (C=O) groups is 2. The van der Waals surface area contributed by atoms with Crippen LogP contribution in [-0.2, 0) is 16.1 Å². The van der Waals surface area contributed by atoms with Crippen molar-refractivity contribution in [1.82, 2.24) is 25.4 Å². The Labute approximate surface area is 153 Å². The second-order valence-electron chi connectivity index (χ2n) is 6.32. The van der Waals surface area contributed by atoms with Gasteiger partial charge >= 0.3 is 0 Å². The average Bonchev–Trinajstić information content (AvgIpc) is 3.28. The zero-order valence-corrected chi connectivity index (χ0v) is 14.5. The third-order valence-electron chi connectivity index (χ3n) is 4.01. The predicted molar refractivity (Wildman–Crippen MR) is 94.5 cm³/mol. The van der Waals surface area contributed by atoms with Gasteiger partial charge in [0.25, 0.3) is 0 Å². The summed E-state index contributed by atoms with van der Waals surface area (Å²) in [5, 5.41) is 21.3. The van der Waals surface area contributed by atoms with Crippen LogP contribution in [0, 0.1) is 12.8 Å². The molecule has 0 spiro atoms. The first kappa shape index (κ1) is 16.9. The Morgan fingerprint density at radius 3 is 2.81 bits per heavy atom. The van der Waals surface area contributed by atoms with E-state index in [-0.39, 0.29) is 24.3 Å². The van der Waals surface area contributed by atoms with Gasteiger partial charge in [0, 0.05) is 17.5 Å². The molecule has 4 rings (SSSR count). The Morgan fingerprint density at radius 2 is 2.07 bits per heavy atom. The number of tetrazole rings is 1. The number of hydrogen-bond donors (Lipinski definition) is 2.